The molecule has 86 valence electrons. The Morgan fingerprint density at radius 1 is 1.60 bits per heavy atom. The number of carbonyl (C=O) groups excluding carboxylic acids is 1. The number of hydrogen-bond donors (Lipinski definition) is 1. The molecule has 0 aromatic carbocycles. The van der Waals surface area contributed by atoms with E-state index in [1.807, 2.05) is 0 Å². The Morgan fingerprint density at radius 2 is 2.40 bits per heavy atom. The van der Waals surface area contributed by atoms with E-state index in [9.17, 15) is 9.59 Å². The molecular formula is C10H18O4Si. The Kier molecular flexibility index (Phi) is 5.00. The molecule has 1 aliphatic heterocycles. The fourth-order valence-corrected chi connectivity index (χ4v) is 4.18. The maximum absolute atomic E-state index is 10.7. The summed E-state index contributed by atoms with van der Waals surface area (Å²) in [5, 5.41) is 0. The largest absolute Gasteiger partial charge is 0.463 e. The molecular weight excluding hydrogens is 212 g/mol. The van der Waals surface area contributed by atoms with Gasteiger partial charge in [0.2, 0.25) is 0 Å². The lowest BCUT2D eigenvalue weighted by Crippen LogP contribution is -2.41. The van der Waals surface area contributed by atoms with Crippen LogP contribution in [-0.4, -0.2) is 32.5 Å². The van der Waals surface area contributed by atoms with Gasteiger partial charge < -0.3 is 14.0 Å². The highest BCUT2D eigenvalue weighted by atomic mass is 28.4. The van der Waals surface area contributed by atoms with Gasteiger partial charge in [0.1, 0.15) is 0 Å². The molecule has 1 atom stereocenters. The fourth-order valence-electron chi connectivity index (χ4n) is 1.61. The molecule has 1 aliphatic rings. The molecule has 0 bridgehead atoms. The highest BCUT2D eigenvalue weighted by molar-refractivity contribution is 6.66. The zero-order valence-electron chi connectivity index (χ0n) is 8.91. The van der Waals surface area contributed by atoms with Crippen molar-refractivity contribution in [2.45, 2.75) is 31.4 Å². The van der Waals surface area contributed by atoms with Crippen LogP contribution in [0.25, 0.3) is 0 Å². The average molecular weight is 230 g/mol. The summed E-state index contributed by atoms with van der Waals surface area (Å²) in [4.78, 5) is 20.8. The topological polar surface area (TPSA) is 55.8 Å². The van der Waals surface area contributed by atoms with Crippen LogP contribution in [0, 0.1) is 0 Å². The van der Waals surface area contributed by atoms with Gasteiger partial charge in [-0.05, 0) is 31.4 Å². The van der Waals surface area contributed by atoms with Crippen molar-refractivity contribution in [2.24, 2.45) is 0 Å². The summed E-state index contributed by atoms with van der Waals surface area (Å²) >= 11 is 0. The van der Waals surface area contributed by atoms with Crippen molar-refractivity contribution in [3.63, 3.8) is 0 Å². The molecule has 1 unspecified atom stereocenters. The quantitative estimate of drug-likeness (QED) is 0.335. The molecule has 4 nitrogen and oxygen atoms in total. The molecule has 1 rings (SSSR count). The lowest BCUT2D eigenvalue weighted by Gasteiger charge is -2.28. The third-order valence-corrected chi connectivity index (χ3v) is 5.47. The zero-order chi connectivity index (χ0) is 11.1. The maximum atomic E-state index is 10.7. The predicted molar refractivity (Wildman–Crippen MR) is 58.5 cm³/mol. The van der Waals surface area contributed by atoms with Gasteiger partial charge in [-0.2, -0.15) is 0 Å². The Balaban J connectivity index is 2.13. The van der Waals surface area contributed by atoms with Crippen LogP contribution in [0.4, 0.5) is 0 Å². The molecule has 5 heteroatoms. The number of carbonyl (C=O) groups is 1. The molecule has 1 saturated heterocycles. The van der Waals surface area contributed by atoms with Crippen LogP contribution in [0.15, 0.2) is 12.7 Å². The van der Waals surface area contributed by atoms with Crippen LogP contribution in [0.5, 0.6) is 0 Å². The Labute approximate surface area is 91.1 Å². The van der Waals surface area contributed by atoms with Crippen molar-refractivity contribution in [3.05, 3.63) is 12.7 Å². The minimum absolute atomic E-state index is 0.337. The van der Waals surface area contributed by atoms with Crippen molar-refractivity contribution >= 4 is 14.5 Å². The van der Waals surface area contributed by atoms with Gasteiger partial charge in [0.05, 0.1) is 6.61 Å². The first-order chi connectivity index (χ1) is 7.16. The second-order valence-electron chi connectivity index (χ2n) is 3.73. The summed E-state index contributed by atoms with van der Waals surface area (Å²) in [5.41, 5.74) is 0. The van der Waals surface area contributed by atoms with Gasteiger partial charge in [0.25, 0.3) is 0 Å². The van der Waals surface area contributed by atoms with Gasteiger partial charge in [-0.15, -0.1) is 0 Å². The first-order valence-corrected chi connectivity index (χ1v) is 7.59. The first kappa shape index (κ1) is 12.4. The van der Waals surface area contributed by atoms with Crippen LogP contribution >= 0.6 is 0 Å². The van der Waals surface area contributed by atoms with Crippen LogP contribution in [0.1, 0.15) is 19.3 Å². The van der Waals surface area contributed by atoms with Crippen LogP contribution in [-0.2, 0) is 14.0 Å². The number of rotatable bonds is 5. The highest BCUT2D eigenvalue weighted by Gasteiger charge is 2.34. The monoisotopic (exact) mass is 230 g/mol. The van der Waals surface area contributed by atoms with Gasteiger partial charge in [-0.1, -0.05) is 6.58 Å². The molecule has 1 heterocycles. The number of hydrogen-bond acceptors (Lipinski definition) is 4. The third-order valence-electron chi connectivity index (χ3n) is 2.46. The van der Waals surface area contributed by atoms with Crippen LogP contribution < -0.4 is 0 Å². The van der Waals surface area contributed by atoms with E-state index in [2.05, 4.69) is 6.58 Å². The van der Waals surface area contributed by atoms with E-state index in [0.717, 1.165) is 25.0 Å². The second-order valence-corrected chi connectivity index (χ2v) is 6.91. The lowest BCUT2D eigenvalue weighted by molar-refractivity contribution is -0.137. The van der Waals surface area contributed by atoms with E-state index in [1.54, 1.807) is 0 Å². The van der Waals surface area contributed by atoms with Crippen LogP contribution in [0.2, 0.25) is 12.1 Å². The van der Waals surface area contributed by atoms with E-state index >= 15 is 0 Å². The Morgan fingerprint density at radius 3 is 3.00 bits per heavy atom. The molecule has 0 saturated carbocycles. The van der Waals surface area contributed by atoms with Crippen LogP contribution in [0.3, 0.4) is 0 Å². The van der Waals surface area contributed by atoms with Gasteiger partial charge >= 0.3 is 14.5 Å². The van der Waals surface area contributed by atoms with Gasteiger partial charge in [-0.25, -0.2) is 4.79 Å². The maximum Gasteiger partial charge on any atom is 0.335 e. The van der Waals surface area contributed by atoms with Crippen molar-refractivity contribution in [1.82, 2.24) is 0 Å². The van der Waals surface area contributed by atoms with Gasteiger partial charge in [-0.3, -0.25) is 0 Å². The summed E-state index contributed by atoms with van der Waals surface area (Å²) in [6, 6.07) is 1.46. The third kappa shape index (κ3) is 4.59. The van der Waals surface area contributed by atoms with Crippen molar-refractivity contribution in [3.8, 4) is 0 Å². The van der Waals surface area contributed by atoms with E-state index in [4.69, 9.17) is 9.16 Å². The fraction of sp³-hybridized carbons (Fsp3) is 0.700. The SMILES string of the molecule is C=CC(=O)OCCC[Si]1(O)CCCCO1. The minimum atomic E-state index is -2.44. The van der Waals surface area contributed by atoms with Crippen molar-refractivity contribution in [2.75, 3.05) is 13.2 Å². The number of ether oxygens (including phenoxy) is 1. The average Bonchev–Trinajstić information content (AvgIpc) is 2.25. The van der Waals surface area contributed by atoms with E-state index < -0.39 is 14.5 Å². The summed E-state index contributed by atoms with van der Waals surface area (Å²) < 4.78 is 10.3. The zero-order valence-corrected chi connectivity index (χ0v) is 9.91. The second kappa shape index (κ2) is 6.04. The Bertz CT molecular complexity index is 223. The Hall–Kier alpha value is -0.653. The summed E-state index contributed by atoms with van der Waals surface area (Å²) in [6.07, 6.45) is 3.90. The van der Waals surface area contributed by atoms with Gasteiger partial charge in [0.15, 0.2) is 0 Å². The highest BCUT2D eigenvalue weighted by Crippen LogP contribution is 2.23. The molecule has 0 aliphatic carbocycles. The molecule has 0 spiro atoms. The molecule has 0 aromatic heterocycles. The standard InChI is InChI=1S/C10H18O4Si/c1-2-10(11)13-6-5-9-15(12)8-4-3-7-14-15/h2,12H,1,3-9H2. The predicted octanol–water partition coefficient (Wildman–Crippen LogP) is 1.35. The first-order valence-electron chi connectivity index (χ1n) is 5.32. The lowest BCUT2D eigenvalue weighted by atomic mass is 10.4. The normalized spacial score (nSPS) is 25.9. The summed E-state index contributed by atoms with van der Waals surface area (Å²) in [6.45, 7) is 4.32. The summed E-state index contributed by atoms with van der Waals surface area (Å²) in [5.74, 6) is -0.409. The molecule has 15 heavy (non-hydrogen) atoms. The molecule has 0 radical (unpaired) electrons. The molecule has 0 aromatic rings. The minimum Gasteiger partial charge on any atom is -0.463 e. The van der Waals surface area contributed by atoms with Crippen molar-refractivity contribution in [1.29, 1.82) is 0 Å². The van der Waals surface area contributed by atoms with Gasteiger partial charge in [0, 0.05) is 12.7 Å². The van der Waals surface area contributed by atoms with E-state index in [0.29, 0.717) is 25.7 Å². The smallest absolute Gasteiger partial charge is 0.335 e. The van der Waals surface area contributed by atoms with E-state index in [-0.39, 0.29) is 0 Å². The molecule has 1 N–H and O–H groups in total. The van der Waals surface area contributed by atoms with E-state index in [1.165, 1.54) is 0 Å². The molecule has 0 amide bonds. The van der Waals surface area contributed by atoms with Crippen molar-refractivity contribution < 1.29 is 18.8 Å². The molecule has 1 fully saturated rings. The number of esters is 1. The summed E-state index contributed by atoms with van der Waals surface area (Å²) in [7, 11) is -2.44.